The third kappa shape index (κ3) is 7.19. The second kappa shape index (κ2) is 12.0. The van der Waals surface area contributed by atoms with Crippen LogP contribution in [-0.2, 0) is 0 Å². The molecule has 156 valence electrons. The molecule has 0 unspecified atom stereocenters. The normalized spacial score (nSPS) is 27.6. The number of allylic oxidation sites excluding steroid dienone is 1. The highest BCUT2D eigenvalue weighted by Crippen LogP contribution is 2.55. The molecular weight excluding hydrogens is 445 g/mol. The van der Waals surface area contributed by atoms with Gasteiger partial charge in [-0.25, -0.2) is 0 Å². The lowest BCUT2D eigenvalue weighted by atomic mass is 10.0. The Kier molecular flexibility index (Phi) is 10.5. The molecule has 3 saturated heterocycles. The SMILES string of the molecule is CC/C=C/C1(CCC2(C[C@H](C)C3SCCCS3)SCCCS2)SCCCS1. The summed E-state index contributed by atoms with van der Waals surface area (Å²) in [6.07, 6.45) is 14.5. The zero-order chi connectivity index (χ0) is 19.0. The summed E-state index contributed by atoms with van der Waals surface area (Å²) in [5.41, 5.74) is 0. The van der Waals surface area contributed by atoms with Crippen LogP contribution < -0.4 is 0 Å². The molecule has 0 spiro atoms. The van der Waals surface area contributed by atoms with Crippen molar-refractivity contribution in [3.8, 4) is 0 Å². The Morgan fingerprint density at radius 2 is 1.44 bits per heavy atom. The minimum absolute atomic E-state index is 0.359. The molecule has 3 aliphatic rings. The summed E-state index contributed by atoms with van der Waals surface area (Å²) in [5.74, 6) is 9.05. The van der Waals surface area contributed by atoms with Crippen LogP contribution in [0.4, 0.5) is 0 Å². The minimum Gasteiger partial charge on any atom is -0.147 e. The van der Waals surface area contributed by atoms with E-state index in [0.29, 0.717) is 8.16 Å². The Bertz CT molecular complexity index is 448. The molecule has 0 aromatic heterocycles. The third-order valence-corrected chi connectivity index (χ3v) is 15.7. The predicted molar refractivity (Wildman–Crippen MR) is 140 cm³/mol. The highest BCUT2D eigenvalue weighted by Gasteiger charge is 2.40. The van der Waals surface area contributed by atoms with E-state index in [2.05, 4.69) is 96.6 Å². The molecule has 0 bridgehead atoms. The van der Waals surface area contributed by atoms with E-state index in [4.69, 9.17) is 0 Å². The lowest BCUT2D eigenvalue weighted by Gasteiger charge is -2.43. The summed E-state index contributed by atoms with van der Waals surface area (Å²) in [5, 5.41) is 0. The van der Waals surface area contributed by atoms with Gasteiger partial charge < -0.3 is 0 Å². The average Bonchev–Trinajstić information content (AvgIpc) is 2.73. The van der Waals surface area contributed by atoms with Gasteiger partial charge in [0.1, 0.15) is 0 Å². The van der Waals surface area contributed by atoms with Crippen molar-refractivity contribution in [2.24, 2.45) is 5.92 Å². The maximum atomic E-state index is 2.57. The number of thioether (sulfide) groups is 6. The maximum absolute atomic E-state index is 2.57. The molecule has 0 aromatic carbocycles. The Morgan fingerprint density at radius 3 is 2.07 bits per heavy atom. The van der Waals surface area contributed by atoms with Crippen LogP contribution in [0.25, 0.3) is 0 Å². The highest BCUT2D eigenvalue weighted by molar-refractivity contribution is 8.19. The van der Waals surface area contributed by atoms with E-state index in [1.54, 1.807) is 0 Å². The van der Waals surface area contributed by atoms with Gasteiger partial charge in [-0.2, -0.15) is 0 Å². The van der Waals surface area contributed by atoms with Crippen molar-refractivity contribution >= 4 is 70.6 Å². The fourth-order valence-corrected chi connectivity index (χ4v) is 13.8. The molecule has 6 heteroatoms. The van der Waals surface area contributed by atoms with Gasteiger partial charge in [-0.15, -0.1) is 70.6 Å². The molecule has 0 N–H and O–H groups in total. The van der Waals surface area contributed by atoms with E-state index >= 15 is 0 Å². The van der Waals surface area contributed by atoms with Gasteiger partial charge in [-0.3, -0.25) is 0 Å². The van der Waals surface area contributed by atoms with Crippen LogP contribution in [0.3, 0.4) is 0 Å². The van der Waals surface area contributed by atoms with Gasteiger partial charge in [0.2, 0.25) is 0 Å². The third-order valence-electron chi connectivity index (χ3n) is 5.41. The molecular formula is C21H36S6. The molecule has 3 aliphatic heterocycles. The van der Waals surface area contributed by atoms with Gasteiger partial charge in [0.25, 0.3) is 0 Å². The monoisotopic (exact) mass is 480 g/mol. The first-order chi connectivity index (χ1) is 13.2. The molecule has 3 fully saturated rings. The summed E-state index contributed by atoms with van der Waals surface area (Å²) in [4.78, 5) is 0. The van der Waals surface area contributed by atoms with Crippen molar-refractivity contribution in [3.63, 3.8) is 0 Å². The largest absolute Gasteiger partial charge is 0.147 e. The van der Waals surface area contributed by atoms with Gasteiger partial charge >= 0.3 is 0 Å². The molecule has 27 heavy (non-hydrogen) atoms. The lowest BCUT2D eigenvalue weighted by Crippen LogP contribution is -2.33. The zero-order valence-corrected chi connectivity index (χ0v) is 21.9. The summed E-state index contributed by atoms with van der Waals surface area (Å²) in [7, 11) is 0. The maximum Gasteiger partial charge on any atom is 0.0792 e. The standard InChI is InChI=1S/C21H36S6/c1-3-4-8-20(24-13-6-14-25-20)9-10-21(26-15-7-16-27-21)17-18(2)19-22-11-5-12-23-19/h4,8,18-19H,3,5-7,9-17H2,1-2H3/b8-4+/t18-/m0/s1. The van der Waals surface area contributed by atoms with Gasteiger partial charge in [0, 0.05) is 0 Å². The van der Waals surface area contributed by atoms with Gasteiger partial charge in [-0.1, -0.05) is 26.0 Å². The number of hydrogen-bond donors (Lipinski definition) is 0. The van der Waals surface area contributed by atoms with Crippen LogP contribution in [0.5, 0.6) is 0 Å². The van der Waals surface area contributed by atoms with Gasteiger partial charge in [0.05, 0.1) is 12.7 Å². The summed E-state index contributed by atoms with van der Waals surface area (Å²) in [6.45, 7) is 4.82. The summed E-state index contributed by atoms with van der Waals surface area (Å²) < 4.78 is 1.67. The van der Waals surface area contributed by atoms with Crippen LogP contribution in [0.2, 0.25) is 0 Å². The van der Waals surface area contributed by atoms with E-state index in [1.807, 2.05) is 0 Å². The first kappa shape index (κ1) is 23.5. The van der Waals surface area contributed by atoms with Crippen molar-refractivity contribution in [2.75, 3.05) is 34.5 Å². The molecule has 0 saturated carbocycles. The van der Waals surface area contributed by atoms with Crippen LogP contribution in [-0.4, -0.2) is 47.3 Å². The molecule has 3 heterocycles. The Morgan fingerprint density at radius 1 is 0.852 bits per heavy atom. The van der Waals surface area contributed by atoms with Crippen molar-refractivity contribution in [1.29, 1.82) is 0 Å². The van der Waals surface area contributed by atoms with Crippen LogP contribution in [0.1, 0.15) is 58.8 Å². The van der Waals surface area contributed by atoms with Crippen molar-refractivity contribution < 1.29 is 0 Å². The van der Waals surface area contributed by atoms with Crippen molar-refractivity contribution in [1.82, 2.24) is 0 Å². The Hall–Kier alpha value is 1.84. The molecule has 0 radical (unpaired) electrons. The van der Waals surface area contributed by atoms with Gasteiger partial charge in [0.15, 0.2) is 0 Å². The lowest BCUT2D eigenvalue weighted by molar-refractivity contribution is 0.505. The first-order valence-electron chi connectivity index (χ1n) is 10.6. The van der Waals surface area contributed by atoms with Crippen molar-refractivity contribution in [2.45, 2.75) is 71.5 Å². The highest BCUT2D eigenvalue weighted by atomic mass is 32.2. The molecule has 3 rings (SSSR count). The average molecular weight is 481 g/mol. The number of hydrogen-bond acceptors (Lipinski definition) is 6. The van der Waals surface area contributed by atoms with Gasteiger partial charge in [-0.05, 0) is 85.4 Å². The quantitative estimate of drug-likeness (QED) is 0.320. The second-order valence-corrected chi connectivity index (χ2v) is 16.9. The van der Waals surface area contributed by atoms with E-state index in [9.17, 15) is 0 Å². The Balaban J connectivity index is 1.65. The smallest absolute Gasteiger partial charge is 0.0792 e. The van der Waals surface area contributed by atoms with E-state index in [1.165, 1.54) is 79.5 Å². The Labute approximate surface area is 193 Å². The van der Waals surface area contributed by atoms with Crippen LogP contribution in [0.15, 0.2) is 12.2 Å². The van der Waals surface area contributed by atoms with E-state index in [0.717, 1.165) is 10.5 Å². The first-order valence-corrected chi connectivity index (χ1v) is 16.7. The molecule has 1 atom stereocenters. The molecule has 0 aromatic rings. The fraction of sp³-hybridized carbons (Fsp3) is 0.905. The number of rotatable bonds is 8. The topological polar surface area (TPSA) is 0 Å². The van der Waals surface area contributed by atoms with E-state index in [-0.39, 0.29) is 0 Å². The second-order valence-electron chi connectivity index (χ2n) is 7.78. The molecule has 0 aliphatic carbocycles. The summed E-state index contributed by atoms with van der Waals surface area (Å²) >= 11 is 13.6. The van der Waals surface area contributed by atoms with Crippen molar-refractivity contribution in [3.05, 3.63) is 12.2 Å². The fourth-order valence-electron chi connectivity index (χ4n) is 3.98. The minimum atomic E-state index is 0.359. The molecule has 0 amide bonds. The van der Waals surface area contributed by atoms with Crippen LogP contribution in [0, 0.1) is 5.92 Å². The molecule has 0 nitrogen and oxygen atoms in total. The van der Waals surface area contributed by atoms with E-state index < -0.39 is 0 Å². The summed E-state index contributed by atoms with van der Waals surface area (Å²) in [6, 6.07) is 0. The van der Waals surface area contributed by atoms with Crippen LogP contribution >= 0.6 is 70.6 Å². The zero-order valence-electron chi connectivity index (χ0n) is 17.0. The predicted octanol–water partition coefficient (Wildman–Crippen LogP) is 8.09.